The first-order chi connectivity index (χ1) is 8.66. The molecule has 4 nitrogen and oxygen atoms in total. The van der Waals surface area contributed by atoms with E-state index in [4.69, 9.17) is 5.11 Å². The number of carbonyl (C=O) groups is 2. The van der Waals surface area contributed by atoms with Crippen LogP contribution in [0.4, 0.5) is 0 Å². The third kappa shape index (κ3) is 3.47. The number of carboxylic acids is 1. The van der Waals surface area contributed by atoms with E-state index in [0.29, 0.717) is 12.8 Å². The number of nitrogens with one attached hydrogen (secondary N) is 1. The Bertz CT molecular complexity index is 302. The number of amides is 1. The van der Waals surface area contributed by atoms with Crippen molar-refractivity contribution in [2.24, 2.45) is 11.8 Å². The molecule has 0 radical (unpaired) electrons. The highest BCUT2D eigenvalue weighted by Gasteiger charge is 2.36. The van der Waals surface area contributed by atoms with Crippen molar-refractivity contribution in [2.45, 2.75) is 63.8 Å². The van der Waals surface area contributed by atoms with Gasteiger partial charge in [0.25, 0.3) is 0 Å². The second-order valence-corrected chi connectivity index (χ2v) is 5.75. The van der Waals surface area contributed by atoms with Crippen LogP contribution in [0.5, 0.6) is 0 Å². The van der Waals surface area contributed by atoms with Crippen molar-refractivity contribution in [3.8, 4) is 0 Å². The molecule has 102 valence electrons. The molecule has 0 atom stereocenters. The van der Waals surface area contributed by atoms with E-state index in [1.807, 2.05) is 0 Å². The molecule has 0 aliphatic heterocycles. The van der Waals surface area contributed by atoms with Gasteiger partial charge in [-0.25, -0.2) is 0 Å². The first-order valence-corrected chi connectivity index (χ1v) is 7.20. The van der Waals surface area contributed by atoms with Gasteiger partial charge in [0.15, 0.2) is 0 Å². The predicted molar refractivity (Wildman–Crippen MR) is 68.1 cm³/mol. The van der Waals surface area contributed by atoms with E-state index in [0.717, 1.165) is 25.7 Å². The highest BCUT2D eigenvalue weighted by molar-refractivity contribution is 5.79. The molecule has 0 aromatic carbocycles. The van der Waals surface area contributed by atoms with E-state index >= 15 is 0 Å². The molecule has 2 fully saturated rings. The molecular formula is C14H23NO3. The van der Waals surface area contributed by atoms with Crippen LogP contribution in [0.1, 0.15) is 57.8 Å². The Kier molecular flexibility index (Phi) is 4.61. The van der Waals surface area contributed by atoms with Crippen LogP contribution in [0.2, 0.25) is 0 Å². The van der Waals surface area contributed by atoms with E-state index in [2.05, 4.69) is 5.32 Å². The lowest BCUT2D eigenvalue weighted by Crippen LogP contribution is -2.48. The van der Waals surface area contributed by atoms with Crippen molar-refractivity contribution >= 4 is 11.9 Å². The minimum absolute atomic E-state index is 0.101. The smallest absolute Gasteiger partial charge is 0.306 e. The van der Waals surface area contributed by atoms with Crippen molar-refractivity contribution < 1.29 is 14.7 Å². The molecule has 4 heteroatoms. The first-order valence-electron chi connectivity index (χ1n) is 7.20. The normalized spacial score (nSPS) is 29.8. The standard InChI is InChI=1S/C14H23NO3/c16-13(10-6-4-2-1-3-5-7-10)15-12-8-11(9-12)14(17)18/h10-12H,1-9H2,(H,15,16)(H,17,18). The largest absolute Gasteiger partial charge is 0.481 e. The molecule has 0 heterocycles. The Morgan fingerprint density at radius 1 is 0.889 bits per heavy atom. The average Bonchev–Trinajstić information content (AvgIpc) is 2.21. The molecule has 2 N–H and O–H groups in total. The van der Waals surface area contributed by atoms with Crippen molar-refractivity contribution in [3.63, 3.8) is 0 Å². The fourth-order valence-corrected chi connectivity index (χ4v) is 2.97. The van der Waals surface area contributed by atoms with Crippen LogP contribution >= 0.6 is 0 Å². The summed E-state index contributed by atoms with van der Waals surface area (Å²) in [4.78, 5) is 22.8. The summed E-state index contributed by atoms with van der Waals surface area (Å²) in [6.07, 6.45) is 9.31. The third-order valence-corrected chi connectivity index (χ3v) is 4.31. The van der Waals surface area contributed by atoms with Gasteiger partial charge < -0.3 is 10.4 Å². The van der Waals surface area contributed by atoms with Crippen LogP contribution in [0, 0.1) is 11.8 Å². The lowest BCUT2D eigenvalue weighted by atomic mass is 9.80. The number of aliphatic carboxylic acids is 1. The monoisotopic (exact) mass is 253 g/mol. The Morgan fingerprint density at radius 3 is 2.00 bits per heavy atom. The summed E-state index contributed by atoms with van der Waals surface area (Å²) >= 11 is 0. The lowest BCUT2D eigenvalue weighted by Gasteiger charge is -2.34. The molecule has 1 amide bonds. The van der Waals surface area contributed by atoms with Gasteiger partial charge in [0.2, 0.25) is 5.91 Å². The zero-order valence-electron chi connectivity index (χ0n) is 10.9. The lowest BCUT2D eigenvalue weighted by molar-refractivity contribution is -0.146. The van der Waals surface area contributed by atoms with Crippen molar-refractivity contribution in [3.05, 3.63) is 0 Å². The maximum Gasteiger partial charge on any atom is 0.306 e. The minimum Gasteiger partial charge on any atom is -0.481 e. The van der Waals surface area contributed by atoms with Gasteiger partial charge in [-0.15, -0.1) is 0 Å². The maximum atomic E-state index is 12.1. The minimum atomic E-state index is -0.730. The molecule has 2 rings (SSSR count). The van der Waals surface area contributed by atoms with Crippen LogP contribution in [-0.2, 0) is 9.59 Å². The molecule has 0 unspecified atom stereocenters. The quantitative estimate of drug-likeness (QED) is 0.811. The van der Waals surface area contributed by atoms with Gasteiger partial charge in [-0.2, -0.15) is 0 Å². The van der Waals surface area contributed by atoms with E-state index < -0.39 is 5.97 Å². The van der Waals surface area contributed by atoms with Gasteiger partial charge in [0.1, 0.15) is 0 Å². The molecule has 18 heavy (non-hydrogen) atoms. The topological polar surface area (TPSA) is 66.4 Å². The summed E-state index contributed by atoms with van der Waals surface area (Å²) in [5, 5.41) is 11.8. The Balaban J connectivity index is 1.72. The van der Waals surface area contributed by atoms with Gasteiger partial charge in [0.05, 0.1) is 5.92 Å². The maximum absolute atomic E-state index is 12.1. The summed E-state index contributed by atoms with van der Waals surface area (Å²) in [5.41, 5.74) is 0. The average molecular weight is 253 g/mol. The molecule has 2 aliphatic carbocycles. The van der Waals surface area contributed by atoms with Crippen LogP contribution in [0.25, 0.3) is 0 Å². The molecule has 2 saturated carbocycles. The van der Waals surface area contributed by atoms with Crippen molar-refractivity contribution in [1.29, 1.82) is 0 Å². The number of carbonyl (C=O) groups excluding carboxylic acids is 1. The van der Waals surface area contributed by atoms with Crippen LogP contribution in [0.15, 0.2) is 0 Å². The molecule has 0 aromatic rings. The summed E-state index contributed by atoms with van der Waals surface area (Å²) in [6.45, 7) is 0. The van der Waals surface area contributed by atoms with E-state index in [1.54, 1.807) is 0 Å². The summed E-state index contributed by atoms with van der Waals surface area (Å²) in [5.74, 6) is -0.654. The second kappa shape index (κ2) is 6.21. The van der Waals surface area contributed by atoms with E-state index in [1.165, 1.54) is 19.3 Å². The summed E-state index contributed by atoms with van der Waals surface area (Å²) < 4.78 is 0. The van der Waals surface area contributed by atoms with Crippen LogP contribution in [0.3, 0.4) is 0 Å². The fourth-order valence-electron chi connectivity index (χ4n) is 2.97. The summed E-state index contributed by atoms with van der Waals surface area (Å²) in [7, 11) is 0. The van der Waals surface area contributed by atoms with Gasteiger partial charge in [-0.1, -0.05) is 32.1 Å². The third-order valence-electron chi connectivity index (χ3n) is 4.31. The first kappa shape index (κ1) is 13.4. The van der Waals surface area contributed by atoms with Gasteiger partial charge in [0, 0.05) is 12.0 Å². The zero-order chi connectivity index (χ0) is 13.0. The summed E-state index contributed by atoms with van der Waals surface area (Å²) in [6, 6.07) is 0.101. The number of rotatable bonds is 3. The Morgan fingerprint density at radius 2 is 1.44 bits per heavy atom. The Labute approximate surface area is 108 Å². The van der Waals surface area contributed by atoms with Crippen LogP contribution < -0.4 is 5.32 Å². The molecule has 0 aromatic heterocycles. The van der Waals surface area contributed by atoms with Gasteiger partial charge >= 0.3 is 5.97 Å². The second-order valence-electron chi connectivity index (χ2n) is 5.75. The number of carboxylic acid groups (broad SMARTS) is 1. The molecule has 0 bridgehead atoms. The highest BCUT2D eigenvalue weighted by atomic mass is 16.4. The predicted octanol–water partition coefficient (Wildman–Crippen LogP) is 2.33. The Hall–Kier alpha value is -1.06. The van der Waals surface area contributed by atoms with Gasteiger partial charge in [-0.05, 0) is 25.7 Å². The molecule has 2 aliphatic rings. The number of hydrogen-bond acceptors (Lipinski definition) is 2. The van der Waals surface area contributed by atoms with Gasteiger partial charge in [-0.3, -0.25) is 9.59 Å². The fraction of sp³-hybridized carbons (Fsp3) is 0.857. The molecule has 0 saturated heterocycles. The molecule has 0 spiro atoms. The number of hydrogen-bond donors (Lipinski definition) is 2. The highest BCUT2D eigenvalue weighted by Crippen LogP contribution is 2.29. The van der Waals surface area contributed by atoms with Crippen LogP contribution in [-0.4, -0.2) is 23.0 Å². The van der Waals surface area contributed by atoms with E-state index in [-0.39, 0.29) is 23.8 Å². The van der Waals surface area contributed by atoms with Crippen molar-refractivity contribution in [1.82, 2.24) is 5.32 Å². The molecular weight excluding hydrogens is 230 g/mol. The zero-order valence-corrected chi connectivity index (χ0v) is 10.9. The van der Waals surface area contributed by atoms with E-state index in [9.17, 15) is 9.59 Å². The van der Waals surface area contributed by atoms with Crippen molar-refractivity contribution in [2.75, 3.05) is 0 Å². The SMILES string of the molecule is O=C(O)C1CC(NC(=O)C2CCCCCCC2)C1.